The number of hydrogen-bond acceptors (Lipinski definition) is 3. The molecular formula is C26H25FNO3+. The largest absolute Gasteiger partial charge is 0.497 e. The molecule has 1 aliphatic rings. The Morgan fingerprint density at radius 2 is 1.94 bits per heavy atom. The van der Waals surface area contributed by atoms with E-state index in [2.05, 4.69) is 0 Å². The van der Waals surface area contributed by atoms with Crippen molar-refractivity contribution in [1.29, 1.82) is 0 Å². The van der Waals surface area contributed by atoms with Gasteiger partial charge in [0, 0.05) is 23.1 Å². The molecule has 1 unspecified atom stereocenters. The molecule has 4 nitrogen and oxygen atoms in total. The van der Waals surface area contributed by atoms with E-state index in [0.29, 0.717) is 18.5 Å². The first kappa shape index (κ1) is 20.9. The third-order valence-electron chi connectivity index (χ3n) is 5.94. The van der Waals surface area contributed by atoms with Crippen molar-refractivity contribution in [2.45, 2.75) is 32.7 Å². The van der Waals surface area contributed by atoms with Crippen LogP contribution in [0.5, 0.6) is 5.75 Å². The fourth-order valence-electron chi connectivity index (χ4n) is 4.25. The number of halogens is 1. The zero-order valence-corrected chi connectivity index (χ0v) is 17.7. The van der Waals surface area contributed by atoms with Crippen LogP contribution >= 0.6 is 0 Å². The van der Waals surface area contributed by atoms with Crippen molar-refractivity contribution in [2.75, 3.05) is 7.11 Å². The molecule has 0 aliphatic heterocycles. The van der Waals surface area contributed by atoms with E-state index in [9.17, 15) is 14.0 Å². The number of nitrogens with zero attached hydrogens (tertiary/aromatic N) is 1. The van der Waals surface area contributed by atoms with Crippen LogP contribution in [0.3, 0.4) is 0 Å². The van der Waals surface area contributed by atoms with E-state index in [-0.39, 0.29) is 23.3 Å². The molecule has 0 amide bonds. The van der Waals surface area contributed by atoms with Gasteiger partial charge < -0.3 is 4.74 Å². The Balaban J connectivity index is 1.55. The number of aromatic nitrogens is 1. The predicted molar refractivity (Wildman–Crippen MR) is 115 cm³/mol. The van der Waals surface area contributed by atoms with Gasteiger partial charge in [-0.1, -0.05) is 0 Å². The summed E-state index contributed by atoms with van der Waals surface area (Å²) in [5.74, 6) is 0.438. The lowest BCUT2D eigenvalue weighted by Crippen LogP contribution is -2.35. The van der Waals surface area contributed by atoms with Crippen LogP contribution in [0.2, 0.25) is 0 Å². The first-order chi connectivity index (χ1) is 14.9. The van der Waals surface area contributed by atoms with Crippen LogP contribution in [-0.4, -0.2) is 18.7 Å². The number of methoxy groups -OCH3 is 1. The van der Waals surface area contributed by atoms with Gasteiger partial charge in [0.05, 0.1) is 12.7 Å². The quantitative estimate of drug-likeness (QED) is 0.441. The summed E-state index contributed by atoms with van der Waals surface area (Å²) in [6.07, 6.45) is 5.84. The fourth-order valence-corrected chi connectivity index (χ4v) is 4.25. The number of fused-ring (bicyclic) bond motifs is 1. The maximum absolute atomic E-state index is 13.1. The van der Waals surface area contributed by atoms with E-state index in [1.807, 2.05) is 41.2 Å². The van der Waals surface area contributed by atoms with Gasteiger partial charge in [-0.15, -0.1) is 0 Å². The minimum absolute atomic E-state index is 0.0307. The molecule has 0 saturated heterocycles. The third-order valence-corrected chi connectivity index (χ3v) is 5.94. The molecule has 0 bridgehead atoms. The molecule has 2 aromatic carbocycles. The highest BCUT2D eigenvalue weighted by Crippen LogP contribution is 2.31. The minimum atomic E-state index is -0.273. The fraction of sp³-hybridized carbons (Fsp3) is 0.269. The SMILES string of the molecule is COc1ccc2c(c1)CCC(Cc1cc[n+](Cc3ccc(F)cc3)cc1C(C)=O)C2=O. The topological polar surface area (TPSA) is 47.2 Å². The molecule has 1 aliphatic carbocycles. The van der Waals surface area contributed by atoms with Crippen molar-refractivity contribution >= 4 is 11.6 Å². The normalized spacial score (nSPS) is 15.5. The Kier molecular flexibility index (Phi) is 5.94. The van der Waals surface area contributed by atoms with Crippen LogP contribution < -0.4 is 9.30 Å². The Morgan fingerprint density at radius 3 is 2.65 bits per heavy atom. The smallest absolute Gasteiger partial charge is 0.180 e. The van der Waals surface area contributed by atoms with E-state index in [1.165, 1.54) is 12.1 Å². The van der Waals surface area contributed by atoms with Crippen molar-refractivity contribution in [3.8, 4) is 5.75 Å². The van der Waals surface area contributed by atoms with E-state index >= 15 is 0 Å². The Morgan fingerprint density at radius 1 is 1.16 bits per heavy atom. The summed E-state index contributed by atoms with van der Waals surface area (Å²) in [5.41, 5.74) is 4.24. The van der Waals surface area contributed by atoms with E-state index in [1.54, 1.807) is 26.2 Å². The number of aryl methyl sites for hydroxylation is 1. The predicted octanol–water partition coefficient (Wildman–Crippen LogP) is 4.36. The van der Waals surface area contributed by atoms with Gasteiger partial charge in [-0.05, 0) is 79.8 Å². The van der Waals surface area contributed by atoms with Gasteiger partial charge in [0.2, 0.25) is 0 Å². The number of carbonyl (C=O) groups is 2. The van der Waals surface area contributed by atoms with Crippen molar-refractivity contribution in [2.24, 2.45) is 5.92 Å². The van der Waals surface area contributed by atoms with Crippen LogP contribution in [0, 0.1) is 11.7 Å². The molecule has 3 aromatic rings. The number of rotatable bonds is 6. The van der Waals surface area contributed by atoms with Gasteiger partial charge in [-0.2, -0.15) is 0 Å². The lowest BCUT2D eigenvalue weighted by atomic mass is 9.79. The minimum Gasteiger partial charge on any atom is -0.497 e. The molecule has 0 fully saturated rings. The number of carbonyl (C=O) groups excluding carboxylic acids is 2. The second-order valence-corrected chi connectivity index (χ2v) is 8.07. The molecule has 0 N–H and O–H groups in total. The summed E-state index contributed by atoms with van der Waals surface area (Å²) in [5, 5.41) is 0. The standard InChI is InChI=1S/C26H25FNO3/c1-17(29)25-16-28(15-18-3-7-22(27)8-4-18)12-11-20(25)13-21-6-5-19-14-23(31-2)9-10-24(19)26(21)30/h3-4,7-12,14,16,21H,5-6,13,15H2,1-2H3/q+1. The zero-order chi connectivity index (χ0) is 22.0. The van der Waals surface area contributed by atoms with Crippen LogP contribution in [0.1, 0.15) is 50.8 Å². The molecule has 1 aromatic heterocycles. The molecule has 1 heterocycles. The van der Waals surface area contributed by atoms with Crippen LogP contribution in [0.4, 0.5) is 4.39 Å². The summed E-state index contributed by atoms with van der Waals surface area (Å²) >= 11 is 0. The van der Waals surface area contributed by atoms with Gasteiger partial charge >= 0.3 is 0 Å². The van der Waals surface area contributed by atoms with E-state index < -0.39 is 0 Å². The number of ketones is 2. The van der Waals surface area contributed by atoms with Crippen LogP contribution in [-0.2, 0) is 19.4 Å². The Labute approximate surface area is 181 Å². The zero-order valence-electron chi connectivity index (χ0n) is 17.7. The van der Waals surface area contributed by atoms with Crippen molar-refractivity contribution in [3.05, 3.63) is 94.6 Å². The molecule has 0 saturated carbocycles. The highest BCUT2D eigenvalue weighted by atomic mass is 19.1. The van der Waals surface area contributed by atoms with Crippen LogP contribution in [0.15, 0.2) is 60.9 Å². The van der Waals surface area contributed by atoms with E-state index in [4.69, 9.17) is 4.74 Å². The average Bonchev–Trinajstić information content (AvgIpc) is 2.77. The molecular weight excluding hydrogens is 393 g/mol. The summed E-state index contributed by atoms with van der Waals surface area (Å²) in [7, 11) is 1.62. The van der Waals surface area contributed by atoms with Gasteiger partial charge in [0.1, 0.15) is 11.6 Å². The van der Waals surface area contributed by atoms with Gasteiger partial charge in [0.25, 0.3) is 0 Å². The lowest BCUT2D eigenvalue weighted by molar-refractivity contribution is -0.688. The first-order valence-corrected chi connectivity index (χ1v) is 10.4. The molecule has 4 rings (SSSR count). The molecule has 0 spiro atoms. The van der Waals surface area contributed by atoms with Gasteiger partial charge in [-0.25, -0.2) is 8.96 Å². The highest BCUT2D eigenvalue weighted by molar-refractivity contribution is 6.01. The number of ether oxygens (including phenoxy) is 1. The number of benzene rings is 2. The lowest BCUT2D eigenvalue weighted by Gasteiger charge is -2.24. The van der Waals surface area contributed by atoms with Crippen molar-refractivity contribution in [1.82, 2.24) is 0 Å². The summed E-state index contributed by atoms with van der Waals surface area (Å²) in [6.45, 7) is 2.09. The highest BCUT2D eigenvalue weighted by Gasteiger charge is 2.29. The van der Waals surface area contributed by atoms with E-state index in [0.717, 1.165) is 40.8 Å². The Bertz CT molecular complexity index is 1140. The number of Topliss-reactive ketones (excluding diaryl/α,β-unsaturated/α-hetero) is 2. The van der Waals surface area contributed by atoms with Gasteiger partial charge in [0.15, 0.2) is 30.5 Å². The third kappa shape index (κ3) is 4.55. The molecule has 1 atom stereocenters. The van der Waals surface area contributed by atoms with Gasteiger partial charge in [-0.3, -0.25) is 9.59 Å². The second kappa shape index (κ2) is 8.80. The second-order valence-electron chi connectivity index (χ2n) is 8.07. The van der Waals surface area contributed by atoms with Crippen molar-refractivity contribution < 1.29 is 23.3 Å². The summed E-state index contributed by atoms with van der Waals surface area (Å²) < 4.78 is 20.3. The average molecular weight is 418 g/mol. The molecule has 31 heavy (non-hydrogen) atoms. The first-order valence-electron chi connectivity index (χ1n) is 10.4. The van der Waals surface area contributed by atoms with Crippen LogP contribution in [0.25, 0.3) is 0 Å². The molecule has 158 valence electrons. The maximum atomic E-state index is 13.1. The molecule has 5 heteroatoms. The summed E-state index contributed by atoms with van der Waals surface area (Å²) in [4.78, 5) is 25.4. The maximum Gasteiger partial charge on any atom is 0.180 e. The monoisotopic (exact) mass is 418 g/mol. The van der Waals surface area contributed by atoms with Crippen molar-refractivity contribution in [3.63, 3.8) is 0 Å². The molecule has 0 radical (unpaired) electrons. The summed E-state index contributed by atoms with van der Waals surface area (Å²) in [6, 6.07) is 13.9. The Hall–Kier alpha value is -3.34. The number of hydrogen-bond donors (Lipinski definition) is 0. The number of pyridine rings is 1.